The predicted octanol–water partition coefficient (Wildman–Crippen LogP) is 4.77. The number of halogens is 3. The fraction of sp³-hybridized carbons (Fsp3) is 0.188. The fourth-order valence-electron chi connectivity index (χ4n) is 1.96. The van der Waals surface area contributed by atoms with Crippen LogP contribution in [0.25, 0.3) is 0 Å². The highest BCUT2D eigenvalue weighted by Crippen LogP contribution is 2.36. The molecule has 0 amide bonds. The number of nitrogens with one attached hydrogen (secondary N) is 2. The third-order valence-corrected chi connectivity index (χ3v) is 3.56. The van der Waals surface area contributed by atoms with Gasteiger partial charge in [0, 0.05) is 11.8 Å². The van der Waals surface area contributed by atoms with Crippen molar-refractivity contribution < 1.29 is 23.0 Å². The molecule has 0 bridgehead atoms. The highest BCUT2D eigenvalue weighted by Gasteiger charge is 2.11. The lowest BCUT2D eigenvalue weighted by atomic mass is 10.2. The lowest BCUT2D eigenvalue weighted by Gasteiger charge is -2.15. The van der Waals surface area contributed by atoms with Gasteiger partial charge in [-0.2, -0.15) is 8.78 Å². The molecule has 0 heterocycles. The second kappa shape index (κ2) is 8.68. The van der Waals surface area contributed by atoms with Crippen LogP contribution in [-0.2, 0) is 0 Å². The molecule has 0 radical (unpaired) electrons. The third kappa shape index (κ3) is 5.33. The molecule has 0 aliphatic heterocycles. The minimum atomic E-state index is -2.87. The molecule has 134 valence electrons. The lowest BCUT2D eigenvalue weighted by molar-refractivity contribution is -0.0498. The quantitative estimate of drug-likeness (QED) is 0.695. The Labute approximate surface area is 153 Å². The molecule has 0 aromatic heterocycles. The summed E-state index contributed by atoms with van der Waals surface area (Å²) in [4.78, 5) is 0. The van der Waals surface area contributed by atoms with Gasteiger partial charge < -0.3 is 24.8 Å². The normalized spacial score (nSPS) is 10.3. The Morgan fingerprint density at radius 3 is 2.24 bits per heavy atom. The largest absolute Gasteiger partial charge is 0.495 e. The summed E-state index contributed by atoms with van der Waals surface area (Å²) in [6.07, 6.45) is 0. The molecule has 0 atom stereocenters. The van der Waals surface area contributed by atoms with Gasteiger partial charge in [0.25, 0.3) is 0 Å². The number of hydrogen-bond donors (Lipinski definition) is 2. The molecule has 0 aliphatic carbocycles. The first-order chi connectivity index (χ1) is 11.9. The minimum absolute atomic E-state index is 0.0584. The Kier molecular flexibility index (Phi) is 6.60. The van der Waals surface area contributed by atoms with E-state index in [1.165, 1.54) is 26.4 Å². The molecule has 0 spiro atoms. The van der Waals surface area contributed by atoms with E-state index in [9.17, 15) is 8.78 Å². The topological polar surface area (TPSA) is 51.8 Å². The molecule has 25 heavy (non-hydrogen) atoms. The van der Waals surface area contributed by atoms with Crippen molar-refractivity contribution in [1.29, 1.82) is 0 Å². The highest BCUT2D eigenvalue weighted by molar-refractivity contribution is 7.80. The van der Waals surface area contributed by atoms with Gasteiger partial charge in [-0.05, 0) is 42.5 Å². The molecule has 0 saturated carbocycles. The summed E-state index contributed by atoms with van der Waals surface area (Å²) in [7, 11) is 3.01. The molecule has 0 unspecified atom stereocenters. The molecule has 0 fully saturated rings. The molecular weight excluding hydrogens is 374 g/mol. The van der Waals surface area contributed by atoms with E-state index in [1.807, 2.05) is 0 Å². The van der Waals surface area contributed by atoms with Crippen molar-refractivity contribution in [3.05, 3.63) is 41.4 Å². The van der Waals surface area contributed by atoms with Crippen molar-refractivity contribution in [2.24, 2.45) is 0 Å². The predicted molar refractivity (Wildman–Crippen MR) is 97.5 cm³/mol. The van der Waals surface area contributed by atoms with Crippen LogP contribution in [0.2, 0.25) is 5.02 Å². The van der Waals surface area contributed by atoms with Crippen molar-refractivity contribution in [1.82, 2.24) is 0 Å². The number of ether oxygens (including phenoxy) is 3. The van der Waals surface area contributed by atoms with Gasteiger partial charge >= 0.3 is 6.61 Å². The molecular formula is C16H15ClF2N2O3S. The minimum Gasteiger partial charge on any atom is -0.495 e. The Morgan fingerprint density at radius 2 is 1.68 bits per heavy atom. The van der Waals surface area contributed by atoms with E-state index in [1.54, 1.807) is 24.3 Å². The molecule has 0 saturated heterocycles. The van der Waals surface area contributed by atoms with E-state index in [4.69, 9.17) is 33.3 Å². The zero-order chi connectivity index (χ0) is 18.4. The van der Waals surface area contributed by atoms with Gasteiger partial charge in [-0.25, -0.2) is 0 Å². The molecule has 2 rings (SSSR count). The van der Waals surface area contributed by atoms with Crippen LogP contribution < -0.4 is 24.8 Å². The number of anilines is 2. The summed E-state index contributed by atoms with van der Waals surface area (Å²) in [5.74, 6) is 1.02. The van der Waals surface area contributed by atoms with Crippen molar-refractivity contribution in [3.63, 3.8) is 0 Å². The number of hydrogen-bond acceptors (Lipinski definition) is 4. The Bertz CT molecular complexity index is 745. The summed E-state index contributed by atoms with van der Waals surface area (Å²) in [5.41, 5.74) is 1.14. The molecule has 2 N–H and O–H groups in total. The zero-order valence-electron chi connectivity index (χ0n) is 13.3. The zero-order valence-corrected chi connectivity index (χ0v) is 14.9. The monoisotopic (exact) mass is 388 g/mol. The van der Waals surface area contributed by atoms with Crippen molar-refractivity contribution >= 4 is 40.3 Å². The van der Waals surface area contributed by atoms with Gasteiger partial charge in [0.05, 0.1) is 24.9 Å². The van der Waals surface area contributed by atoms with Crippen LogP contribution in [0.15, 0.2) is 36.4 Å². The Hall–Kier alpha value is -2.32. The average Bonchev–Trinajstić information content (AvgIpc) is 2.56. The molecule has 2 aromatic carbocycles. The summed E-state index contributed by atoms with van der Waals surface area (Å²) in [5, 5.41) is 6.53. The van der Waals surface area contributed by atoms with E-state index < -0.39 is 6.61 Å². The van der Waals surface area contributed by atoms with E-state index in [-0.39, 0.29) is 10.9 Å². The average molecular weight is 389 g/mol. The van der Waals surface area contributed by atoms with Crippen LogP contribution in [0.1, 0.15) is 0 Å². The Balaban J connectivity index is 2.06. The van der Waals surface area contributed by atoms with Gasteiger partial charge in [-0.3, -0.25) is 0 Å². The summed E-state index contributed by atoms with van der Waals surface area (Å²) in [6, 6.07) is 9.17. The number of thiocarbonyl (C=S) groups is 1. The highest BCUT2D eigenvalue weighted by atomic mass is 35.5. The first-order valence-electron chi connectivity index (χ1n) is 6.97. The fourth-order valence-corrected chi connectivity index (χ4v) is 2.43. The number of rotatable bonds is 6. The number of methoxy groups -OCH3 is 2. The second-order valence-corrected chi connectivity index (χ2v) is 5.48. The van der Waals surface area contributed by atoms with Gasteiger partial charge in [-0.1, -0.05) is 11.6 Å². The van der Waals surface area contributed by atoms with Crippen LogP contribution in [0.5, 0.6) is 17.2 Å². The standard InChI is InChI=1S/C16H15ClF2N2O3S/c1-22-13-8-14(23-2)12(7-11(13)17)21-16(25)20-9-3-5-10(6-4-9)24-15(18)19/h3-8,15H,1-2H3,(H2,20,21,25). The number of benzene rings is 2. The maximum Gasteiger partial charge on any atom is 0.387 e. The number of alkyl halides is 2. The van der Waals surface area contributed by atoms with Gasteiger partial charge in [0.1, 0.15) is 17.2 Å². The molecule has 5 nitrogen and oxygen atoms in total. The maximum absolute atomic E-state index is 12.1. The van der Waals surface area contributed by atoms with Gasteiger partial charge in [0.15, 0.2) is 5.11 Å². The summed E-state index contributed by atoms with van der Waals surface area (Å²) in [6.45, 7) is -2.87. The summed E-state index contributed by atoms with van der Waals surface area (Å²) >= 11 is 11.3. The SMILES string of the molecule is COc1cc(OC)c(NC(=S)Nc2ccc(OC(F)F)cc2)cc1Cl. The van der Waals surface area contributed by atoms with Crippen molar-refractivity contribution in [2.75, 3.05) is 24.9 Å². The van der Waals surface area contributed by atoms with Crippen LogP contribution in [0.4, 0.5) is 20.2 Å². The van der Waals surface area contributed by atoms with Crippen LogP contribution in [-0.4, -0.2) is 25.9 Å². The van der Waals surface area contributed by atoms with Crippen LogP contribution in [0.3, 0.4) is 0 Å². The van der Waals surface area contributed by atoms with Gasteiger partial charge in [-0.15, -0.1) is 0 Å². The first-order valence-corrected chi connectivity index (χ1v) is 7.76. The van der Waals surface area contributed by atoms with E-state index in [0.717, 1.165) is 0 Å². The maximum atomic E-state index is 12.1. The van der Waals surface area contributed by atoms with Crippen LogP contribution in [0, 0.1) is 0 Å². The lowest BCUT2D eigenvalue weighted by Crippen LogP contribution is -2.19. The molecule has 2 aromatic rings. The van der Waals surface area contributed by atoms with Crippen molar-refractivity contribution in [2.45, 2.75) is 6.61 Å². The van der Waals surface area contributed by atoms with Crippen molar-refractivity contribution in [3.8, 4) is 17.2 Å². The second-order valence-electron chi connectivity index (χ2n) is 4.67. The van der Waals surface area contributed by atoms with E-state index >= 15 is 0 Å². The smallest absolute Gasteiger partial charge is 0.387 e. The van der Waals surface area contributed by atoms with Gasteiger partial charge in [0.2, 0.25) is 0 Å². The Morgan fingerprint density at radius 1 is 1.04 bits per heavy atom. The van der Waals surface area contributed by atoms with E-state index in [2.05, 4.69) is 15.4 Å². The van der Waals surface area contributed by atoms with Crippen LogP contribution >= 0.6 is 23.8 Å². The first kappa shape index (κ1) is 19.0. The molecule has 0 aliphatic rings. The third-order valence-electron chi connectivity index (χ3n) is 3.06. The van der Waals surface area contributed by atoms with E-state index in [0.29, 0.717) is 27.9 Å². The summed E-state index contributed by atoms with van der Waals surface area (Å²) < 4.78 is 38.9. The molecule has 9 heteroatoms.